The summed E-state index contributed by atoms with van der Waals surface area (Å²) in [6.07, 6.45) is -8.88. The third kappa shape index (κ3) is 4.75. The van der Waals surface area contributed by atoms with Crippen molar-refractivity contribution >= 4 is 0 Å². The zero-order chi connectivity index (χ0) is 24.7. The zero-order valence-corrected chi connectivity index (χ0v) is 17.0. The highest BCUT2D eigenvalue weighted by molar-refractivity contribution is 5.66. The minimum absolute atomic E-state index is 0.0801. The highest BCUT2D eigenvalue weighted by Crippen LogP contribution is 2.36. The van der Waals surface area contributed by atoms with Crippen LogP contribution in [0.3, 0.4) is 0 Å². The van der Waals surface area contributed by atoms with E-state index in [4.69, 9.17) is 0 Å². The molecule has 0 aliphatic heterocycles. The van der Waals surface area contributed by atoms with Crippen LogP contribution in [0.2, 0.25) is 0 Å². The number of aromatic nitrogens is 4. The maximum absolute atomic E-state index is 13.2. The molecule has 0 aliphatic carbocycles. The van der Waals surface area contributed by atoms with Crippen LogP contribution in [0.5, 0.6) is 5.88 Å². The molecule has 178 valence electrons. The zero-order valence-electron chi connectivity index (χ0n) is 17.0. The van der Waals surface area contributed by atoms with Crippen molar-refractivity contribution in [1.29, 1.82) is 0 Å². The summed E-state index contributed by atoms with van der Waals surface area (Å²) < 4.78 is 91.6. The number of aromatic amines is 1. The van der Waals surface area contributed by atoms with Gasteiger partial charge in [0.15, 0.2) is 11.5 Å². The van der Waals surface area contributed by atoms with Crippen LogP contribution in [-0.4, -0.2) is 25.1 Å². The molecule has 0 saturated carbocycles. The molecule has 0 amide bonds. The number of benzene rings is 2. The number of halogens is 7. The molecule has 0 fully saturated rings. The Morgan fingerprint density at radius 2 is 1.50 bits per heavy atom. The molecule has 2 heterocycles. The van der Waals surface area contributed by atoms with Gasteiger partial charge >= 0.3 is 12.4 Å². The number of nitrogens with zero attached hydrogens (tertiary/aromatic N) is 3. The average Bonchev–Trinajstić information content (AvgIpc) is 3.38. The minimum Gasteiger partial charge on any atom is -0.493 e. The summed E-state index contributed by atoms with van der Waals surface area (Å²) in [4.78, 5) is 0. The molecule has 0 spiro atoms. The lowest BCUT2D eigenvalue weighted by Crippen LogP contribution is -2.04. The minimum atomic E-state index is -4.74. The highest BCUT2D eigenvalue weighted by atomic mass is 19.4. The van der Waals surface area contributed by atoms with Crippen molar-refractivity contribution in [2.75, 3.05) is 0 Å². The van der Waals surface area contributed by atoms with Crippen molar-refractivity contribution < 1.29 is 35.8 Å². The van der Waals surface area contributed by atoms with E-state index in [1.807, 2.05) is 0 Å². The molecule has 34 heavy (non-hydrogen) atoms. The highest BCUT2D eigenvalue weighted by Gasteiger charge is 2.35. The normalized spacial score (nSPS) is 12.3. The van der Waals surface area contributed by atoms with Gasteiger partial charge < -0.3 is 5.11 Å². The van der Waals surface area contributed by atoms with Crippen LogP contribution in [-0.2, 0) is 25.2 Å². The summed E-state index contributed by atoms with van der Waals surface area (Å²) in [5.74, 6) is -1.23. The summed E-state index contributed by atoms with van der Waals surface area (Å²) in [5.41, 5.74) is -0.944. The molecule has 2 aromatic carbocycles. The van der Waals surface area contributed by atoms with Gasteiger partial charge in [-0.3, -0.25) is 5.10 Å². The average molecular weight is 484 g/mol. The Hall–Kier alpha value is -3.83. The van der Waals surface area contributed by atoms with E-state index in [0.29, 0.717) is 18.1 Å². The molecule has 2 aromatic heterocycles. The fourth-order valence-corrected chi connectivity index (χ4v) is 3.37. The van der Waals surface area contributed by atoms with Crippen LogP contribution in [0.25, 0.3) is 17.1 Å². The van der Waals surface area contributed by atoms with Gasteiger partial charge in [-0.05, 0) is 42.7 Å². The van der Waals surface area contributed by atoms with Gasteiger partial charge in [0.25, 0.3) is 0 Å². The number of alkyl halides is 6. The summed E-state index contributed by atoms with van der Waals surface area (Å²) >= 11 is 0. The molecular weight excluding hydrogens is 469 g/mol. The lowest BCUT2D eigenvalue weighted by Gasteiger charge is -2.08. The predicted octanol–water partition coefficient (Wildman–Crippen LogP) is 5.93. The second-order valence-electron chi connectivity index (χ2n) is 7.40. The monoisotopic (exact) mass is 484 g/mol. The van der Waals surface area contributed by atoms with Crippen LogP contribution in [0.15, 0.2) is 54.6 Å². The van der Waals surface area contributed by atoms with Gasteiger partial charge in [-0.25, -0.2) is 4.39 Å². The standard InChI is InChI=1S/C22H15F7N4O/c23-15-8-1-12(2-9-15)3-10-16-19(13-4-6-14(7-5-13)21(24,25)26)32-33(20(16)34)18-11-17(30-31-18)22(27,28)29/h1-2,4-9,11,34H,3,10H2,(H,30,31). The largest absolute Gasteiger partial charge is 0.493 e. The number of hydrogen-bond acceptors (Lipinski definition) is 3. The lowest BCUT2D eigenvalue weighted by atomic mass is 10.0. The maximum atomic E-state index is 13.2. The first-order valence-electron chi connectivity index (χ1n) is 9.79. The number of nitrogens with one attached hydrogen (secondary N) is 1. The Labute approximate surface area is 187 Å². The summed E-state index contributed by atoms with van der Waals surface area (Å²) in [6.45, 7) is 0. The lowest BCUT2D eigenvalue weighted by molar-refractivity contribution is -0.141. The third-order valence-electron chi connectivity index (χ3n) is 5.10. The maximum Gasteiger partial charge on any atom is 0.435 e. The Balaban J connectivity index is 1.75. The molecule has 5 nitrogen and oxygen atoms in total. The van der Waals surface area contributed by atoms with Gasteiger partial charge in [-0.1, -0.05) is 24.3 Å². The second kappa shape index (κ2) is 8.50. The van der Waals surface area contributed by atoms with Crippen molar-refractivity contribution in [3.05, 3.63) is 82.8 Å². The molecule has 0 aliphatic rings. The van der Waals surface area contributed by atoms with E-state index in [9.17, 15) is 35.8 Å². The first kappa shape index (κ1) is 23.3. The van der Waals surface area contributed by atoms with E-state index in [0.717, 1.165) is 28.9 Å². The smallest absolute Gasteiger partial charge is 0.435 e. The molecule has 2 N–H and O–H groups in total. The first-order valence-corrected chi connectivity index (χ1v) is 9.79. The molecule has 0 radical (unpaired) electrons. The van der Waals surface area contributed by atoms with Crippen molar-refractivity contribution in [2.24, 2.45) is 0 Å². The van der Waals surface area contributed by atoms with Crippen LogP contribution >= 0.6 is 0 Å². The first-order chi connectivity index (χ1) is 15.9. The van der Waals surface area contributed by atoms with Crippen molar-refractivity contribution in [3.8, 4) is 23.0 Å². The molecule has 4 rings (SSSR count). The molecular formula is C22H15F7N4O. The number of H-pyrrole nitrogens is 1. The van der Waals surface area contributed by atoms with Gasteiger partial charge in [0.1, 0.15) is 5.82 Å². The van der Waals surface area contributed by atoms with Crippen molar-refractivity contribution in [3.63, 3.8) is 0 Å². The molecule has 0 unspecified atom stereocenters. The van der Waals surface area contributed by atoms with Crippen LogP contribution in [0, 0.1) is 5.82 Å². The van der Waals surface area contributed by atoms with Gasteiger partial charge in [0, 0.05) is 17.2 Å². The molecule has 0 saturated heterocycles. The molecule has 0 atom stereocenters. The molecule has 0 bridgehead atoms. The van der Waals surface area contributed by atoms with E-state index < -0.39 is 35.3 Å². The van der Waals surface area contributed by atoms with Gasteiger partial charge in [-0.2, -0.15) is 41.2 Å². The third-order valence-corrected chi connectivity index (χ3v) is 5.10. The Morgan fingerprint density at radius 3 is 2.06 bits per heavy atom. The number of aryl methyl sites for hydroxylation is 1. The van der Waals surface area contributed by atoms with Gasteiger partial charge in [-0.15, -0.1) is 0 Å². The van der Waals surface area contributed by atoms with E-state index in [2.05, 4.69) is 15.3 Å². The van der Waals surface area contributed by atoms with E-state index in [1.165, 1.54) is 24.3 Å². The van der Waals surface area contributed by atoms with Crippen molar-refractivity contribution in [2.45, 2.75) is 25.2 Å². The second-order valence-corrected chi connectivity index (χ2v) is 7.40. The summed E-state index contributed by atoms with van der Waals surface area (Å²) in [7, 11) is 0. The number of aromatic hydroxyl groups is 1. The number of rotatable bonds is 5. The Kier molecular flexibility index (Phi) is 5.84. The number of hydrogen-bond donors (Lipinski definition) is 2. The topological polar surface area (TPSA) is 66.7 Å². The fraction of sp³-hybridized carbons (Fsp3) is 0.182. The van der Waals surface area contributed by atoms with Gasteiger partial charge in [0.05, 0.1) is 11.3 Å². The van der Waals surface area contributed by atoms with Crippen LogP contribution in [0.4, 0.5) is 30.7 Å². The quantitative estimate of drug-likeness (QED) is 0.345. The molecule has 12 heteroatoms. The summed E-state index contributed by atoms with van der Waals surface area (Å²) in [6, 6.07) is 10.2. The van der Waals surface area contributed by atoms with E-state index in [-0.39, 0.29) is 29.1 Å². The van der Waals surface area contributed by atoms with E-state index >= 15 is 0 Å². The molecule has 4 aromatic rings. The Bertz CT molecular complexity index is 1290. The summed E-state index contributed by atoms with van der Waals surface area (Å²) in [5, 5.41) is 20.2. The fourth-order valence-electron chi connectivity index (χ4n) is 3.37. The Morgan fingerprint density at radius 1 is 0.853 bits per heavy atom. The SMILES string of the molecule is Oc1c(CCc2ccc(F)cc2)c(-c2ccc(C(F)(F)F)cc2)nn1-c1cc(C(F)(F)F)n[nH]1. The van der Waals surface area contributed by atoms with Crippen molar-refractivity contribution in [1.82, 2.24) is 20.0 Å². The van der Waals surface area contributed by atoms with E-state index in [1.54, 1.807) is 0 Å². The van der Waals surface area contributed by atoms with Crippen LogP contribution in [0.1, 0.15) is 22.4 Å². The predicted molar refractivity (Wildman–Crippen MR) is 107 cm³/mol. The van der Waals surface area contributed by atoms with Crippen LogP contribution < -0.4 is 0 Å². The van der Waals surface area contributed by atoms with Gasteiger partial charge in [0.2, 0.25) is 5.88 Å².